The number of carbonyl (C=O) groups is 1. The van der Waals surface area contributed by atoms with Gasteiger partial charge >= 0.3 is 0 Å². The van der Waals surface area contributed by atoms with Gasteiger partial charge < -0.3 is 19.3 Å². The molecule has 1 amide bonds. The van der Waals surface area contributed by atoms with E-state index in [9.17, 15) is 4.79 Å². The molecule has 0 bridgehead atoms. The van der Waals surface area contributed by atoms with Crippen LogP contribution in [0.5, 0.6) is 11.5 Å². The molecule has 1 fully saturated rings. The monoisotopic (exact) mass is 462 g/mol. The summed E-state index contributed by atoms with van der Waals surface area (Å²) >= 11 is 0. The zero-order valence-electron chi connectivity index (χ0n) is 19.8. The van der Waals surface area contributed by atoms with Crippen LogP contribution in [0.3, 0.4) is 0 Å². The molecule has 0 radical (unpaired) electrons. The minimum Gasteiger partial charge on any atom is -0.454 e. The molecule has 0 aliphatic carbocycles. The highest BCUT2D eigenvalue weighted by Gasteiger charge is 2.26. The van der Waals surface area contributed by atoms with Gasteiger partial charge in [0, 0.05) is 23.2 Å². The minimum atomic E-state index is -0.0266. The van der Waals surface area contributed by atoms with Crippen LogP contribution in [-0.4, -0.2) is 40.8 Å². The minimum absolute atomic E-state index is 0.0266. The molecule has 8 nitrogen and oxygen atoms in total. The summed E-state index contributed by atoms with van der Waals surface area (Å²) in [5, 5.41) is 7.17. The number of nitrogens with one attached hydrogen (secondary N) is 1. The zero-order valence-corrected chi connectivity index (χ0v) is 19.8. The highest BCUT2D eigenvalue weighted by atomic mass is 16.7. The number of rotatable bonds is 5. The molecule has 1 aromatic heterocycles. The summed E-state index contributed by atoms with van der Waals surface area (Å²) in [6, 6.07) is 13.8. The molecule has 178 valence electrons. The van der Waals surface area contributed by atoms with Crippen LogP contribution in [0, 0.1) is 5.92 Å². The molecule has 5 rings (SSSR count). The molecular formula is C26H30N4O4. The van der Waals surface area contributed by atoms with Crippen molar-refractivity contribution in [1.82, 2.24) is 15.0 Å². The Balaban J connectivity index is 1.12. The first-order valence-electron chi connectivity index (χ1n) is 11.7. The number of fused-ring (bicyclic) bond motifs is 1. The van der Waals surface area contributed by atoms with Gasteiger partial charge in [0.15, 0.2) is 11.5 Å². The van der Waals surface area contributed by atoms with Crippen molar-refractivity contribution >= 4 is 11.6 Å². The Bertz CT molecular complexity index is 1160. The first kappa shape index (κ1) is 22.4. The average Bonchev–Trinajstić information content (AvgIpc) is 3.48. The fraction of sp³-hybridized carbons (Fsp3) is 0.423. The molecule has 1 saturated heterocycles. The normalized spacial score (nSPS) is 16.6. The number of piperidine rings is 1. The molecule has 0 saturated carbocycles. The molecule has 0 unspecified atom stereocenters. The third-order valence-corrected chi connectivity index (χ3v) is 6.43. The Hall–Kier alpha value is -3.39. The number of aromatic nitrogens is 2. The Morgan fingerprint density at radius 3 is 2.53 bits per heavy atom. The Labute approximate surface area is 199 Å². The Morgan fingerprint density at radius 2 is 1.79 bits per heavy atom. The van der Waals surface area contributed by atoms with Gasteiger partial charge in [0.25, 0.3) is 0 Å². The molecule has 8 heteroatoms. The standard InChI is InChI=1S/C26H30N4O4/c1-26(2,3)19-6-4-17(5-7-19)24-28-23(34-29-24)15-30-12-10-18(11-13-30)25(31)27-20-8-9-21-22(14-20)33-16-32-21/h4-9,14,18H,10-13,15-16H2,1-3H3,(H,27,31). The predicted molar refractivity (Wildman–Crippen MR) is 128 cm³/mol. The summed E-state index contributed by atoms with van der Waals surface area (Å²) < 4.78 is 16.2. The van der Waals surface area contributed by atoms with Gasteiger partial charge in [0.1, 0.15) is 0 Å². The number of anilines is 1. The van der Waals surface area contributed by atoms with Gasteiger partial charge in [0.2, 0.25) is 24.4 Å². The van der Waals surface area contributed by atoms with E-state index in [2.05, 4.69) is 53.3 Å². The van der Waals surface area contributed by atoms with E-state index in [0.717, 1.165) is 37.2 Å². The van der Waals surface area contributed by atoms with E-state index in [4.69, 9.17) is 14.0 Å². The van der Waals surface area contributed by atoms with Crippen LogP contribution in [0.1, 0.15) is 45.1 Å². The summed E-state index contributed by atoms with van der Waals surface area (Å²) in [4.78, 5) is 19.6. The lowest BCUT2D eigenvalue weighted by molar-refractivity contribution is -0.121. The van der Waals surface area contributed by atoms with Crippen LogP contribution in [0.4, 0.5) is 5.69 Å². The molecule has 0 spiro atoms. The SMILES string of the molecule is CC(C)(C)c1ccc(-c2noc(CN3CCC(C(=O)Nc4ccc5c(c4)OCO5)CC3)n2)cc1. The van der Waals surface area contributed by atoms with E-state index in [1.54, 1.807) is 6.07 Å². The van der Waals surface area contributed by atoms with Gasteiger partial charge in [-0.15, -0.1) is 0 Å². The smallest absolute Gasteiger partial charge is 0.241 e. The largest absolute Gasteiger partial charge is 0.454 e. The van der Waals surface area contributed by atoms with Gasteiger partial charge in [-0.3, -0.25) is 9.69 Å². The molecule has 2 aliphatic rings. The van der Waals surface area contributed by atoms with E-state index in [-0.39, 0.29) is 24.0 Å². The number of nitrogens with zero attached hydrogens (tertiary/aromatic N) is 3. The number of benzene rings is 2. The summed E-state index contributed by atoms with van der Waals surface area (Å²) in [6.07, 6.45) is 1.57. The maximum Gasteiger partial charge on any atom is 0.241 e. The highest BCUT2D eigenvalue weighted by Crippen LogP contribution is 2.34. The molecule has 2 aliphatic heterocycles. The van der Waals surface area contributed by atoms with Crippen molar-refractivity contribution in [2.75, 3.05) is 25.2 Å². The van der Waals surface area contributed by atoms with Crippen molar-refractivity contribution < 1.29 is 18.8 Å². The predicted octanol–water partition coefficient (Wildman–Crippen LogP) is 4.61. The molecular weight excluding hydrogens is 432 g/mol. The van der Waals surface area contributed by atoms with Crippen LogP contribution in [0.25, 0.3) is 11.4 Å². The van der Waals surface area contributed by atoms with Crippen molar-refractivity contribution in [3.63, 3.8) is 0 Å². The van der Waals surface area contributed by atoms with Gasteiger partial charge in [-0.05, 0) is 49.0 Å². The molecule has 34 heavy (non-hydrogen) atoms. The van der Waals surface area contributed by atoms with Crippen LogP contribution < -0.4 is 14.8 Å². The van der Waals surface area contributed by atoms with Crippen molar-refractivity contribution in [3.8, 4) is 22.9 Å². The Morgan fingerprint density at radius 1 is 1.06 bits per heavy atom. The number of amides is 1. The second-order valence-corrected chi connectivity index (χ2v) is 9.95. The topological polar surface area (TPSA) is 89.7 Å². The lowest BCUT2D eigenvalue weighted by Crippen LogP contribution is -2.37. The number of hydrogen-bond acceptors (Lipinski definition) is 7. The fourth-order valence-corrected chi connectivity index (χ4v) is 4.32. The third-order valence-electron chi connectivity index (χ3n) is 6.43. The van der Waals surface area contributed by atoms with Crippen molar-refractivity contribution in [2.45, 2.75) is 45.6 Å². The first-order chi connectivity index (χ1) is 16.3. The third kappa shape index (κ3) is 4.92. The van der Waals surface area contributed by atoms with E-state index >= 15 is 0 Å². The summed E-state index contributed by atoms with van der Waals surface area (Å²) in [5.41, 5.74) is 3.05. The number of carbonyl (C=O) groups excluding carboxylic acids is 1. The van der Waals surface area contributed by atoms with Crippen LogP contribution >= 0.6 is 0 Å². The summed E-state index contributed by atoms with van der Waals surface area (Å²) in [7, 11) is 0. The van der Waals surface area contributed by atoms with Gasteiger partial charge in [-0.25, -0.2) is 0 Å². The maximum atomic E-state index is 12.7. The van der Waals surface area contributed by atoms with Crippen molar-refractivity contribution in [3.05, 3.63) is 53.9 Å². The van der Waals surface area contributed by atoms with E-state index in [1.807, 2.05) is 24.3 Å². The van der Waals surface area contributed by atoms with Gasteiger partial charge in [-0.1, -0.05) is 50.2 Å². The number of hydrogen-bond donors (Lipinski definition) is 1. The number of likely N-dealkylation sites (tertiary alicyclic amines) is 1. The molecule has 3 heterocycles. The van der Waals surface area contributed by atoms with Gasteiger partial charge in [-0.2, -0.15) is 4.98 Å². The first-order valence-corrected chi connectivity index (χ1v) is 11.7. The van der Waals surface area contributed by atoms with Crippen LogP contribution in [0.2, 0.25) is 0 Å². The van der Waals surface area contributed by atoms with Crippen LogP contribution in [-0.2, 0) is 16.8 Å². The lowest BCUT2D eigenvalue weighted by atomic mass is 9.87. The Kier molecular flexibility index (Phi) is 6.00. The second-order valence-electron chi connectivity index (χ2n) is 9.95. The second kappa shape index (κ2) is 9.10. The molecule has 2 aromatic carbocycles. The quantitative estimate of drug-likeness (QED) is 0.592. The zero-order chi connectivity index (χ0) is 23.7. The summed E-state index contributed by atoms with van der Waals surface area (Å²) in [6.45, 7) is 8.99. The maximum absolute atomic E-state index is 12.7. The molecule has 3 aromatic rings. The van der Waals surface area contributed by atoms with Crippen molar-refractivity contribution in [1.29, 1.82) is 0 Å². The number of ether oxygens (including phenoxy) is 2. The molecule has 0 atom stereocenters. The highest BCUT2D eigenvalue weighted by molar-refractivity contribution is 5.93. The van der Waals surface area contributed by atoms with Crippen LogP contribution in [0.15, 0.2) is 47.0 Å². The average molecular weight is 463 g/mol. The van der Waals surface area contributed by atoms with E-state index in [1.165, 1.54) is 5.56 Å². The van der Waals surface area contributed by atoms with E-state index < -0.39 is 0 Å². The fourth-order valence-electron chi connectivity index (χ4n) is 4.32. The summed E-state index contributed by atoms with van der Waals surface area (Å²) in [5.74, 6) is 2.58. The van der Waals surface area contributed by atoms with Crippen molar-refractivity contribution in [2.24, 2.45) is 5.92 Å². The van der Waals surface area contributed by atoms with Gasteiger partial charge in [0.05, 0.1) is 6.54 Å². The lowest BCUT2D eigenvalue weighted by Gasteiger charge is -2.30. The van der Waals surface area contributed by atoms with E-state index in [0.29, 0.717) is 29.8 Å². The molecule has 1 N–H and O–H groups in total.